The van der Waals surface area contributed by atoms with Crippen molar-refractivity contribution in [2.45, 2.75) is 20.1 Å². The number of aromatic nitrogens is 3. The van der Waals surface area contributed by atoms with Gasteiger partial charge in [-0.1, -0.05) is 35.0 Å². The number of rotatable bonds is 5. The van der Waals surface area contributed by atoms with E-state index in [1.54, 1.807) is 12.5 Å². The Morgan fingerprint density at radius 2 is 2.26 bits per heavy atom. The molecule has 7 nitrogen and oxygen atoms in total. The van der Waals surface area contributed by atoms with Crippen LogP contribution in [0.3, 0.4) is 0 Å². The molecule has 2 N–H and O–H groups in total. The summed E-state index contributed by atoms with van der Waals surface area (Å²) in [5.41, 5.74) is 2.45. The summed E-state index contributed by atoms with van der Waals surface area (Å²) in [6, 6.07) is 9.58. The van der Waals surface area contributed by atoms with Crippen molar-refractivity contribution in [2.24, 2.45) is 0 Å². The lowest BCUT2D eigenvalue weighted by Crippen LogP contribution is -2.12. The molecule has 2 heterocycles. The number of carbonyl (C=O) groups is 1. The molecule has 118 valence electrons. The van der Waals surface area contributed by atoms with Gasteiger partial charge in [0.25, 0.3) is 5.91 Å². The van der Waals surface area contributed by atoms with E-state index in [9.17, 15) is 4.79 Å². The molecule has 0 aliphatic rings. The predicted molar refractivity (Wildman–Crippen MR) is 82.9 cm³/mol. The van der Waals surface area contributed by atoms with Crippen molar-refractivity contribution in [3.05, 3.63) is 65.4 Å². The number of anilines is 1. The second-order valence-corrected chi connectivity index (χ2v) is 5.21. The maximum Gasteiger partial charge on any atom is 0.279 e. The van der Waals surface area contributed by atoms with E-state index in [-0.39, 0.29) is 18.1 Å². The number of hydrogen-bond donors (Lipinski definition) is 2. The fourth-order valence-electron chi connectivity index (χ4n) is 2.21. The molecule has 0 fully saturated rings. The summed E-state index contributed by atoms with van der Waals surface area (Å²) >= 11 is 0. The Hall–Kier alpha value is -2.93. The van der Waals surface area contributed by atoms with Crippen molar-refractivity contribution in [1.29, 1.82) is 0 Å². The zero-order valence-corrected chi connectivity index (χ0v) is 12.6. The summed E-state index contributed by atoms with van der Waals surface area (Å²) in [4.78, 5) is 16.1. The third kappa shape index (κ3) is 3.64. The first-order valence-electron chi connectivity index (χ1n) is 7.09. The largest absolute Gasteiger partial charge is 0.388 e. The van der Waals surface area contributed by atoms with Crippen LogP contribution in [0, 0.1) is 6.92 Å². The molecule has 23 heavy (non-hydrogen) atoms. The second kappa shape index (κ2) is 6.45. The Labute approximate surface area is 132 Å². The van der Waals surface area contributed by atoms with Gasteiger partial charge < -0.3 is 19.5 Å². The number of imidazole rings is 1. The fraction of sp³-hybridized carbons (Fsp3) is 0.188. The fourth-order valence-corrected chi connectivity index (χ4v) is 2.21. The molecule has 2 aromatic heterocycles. The third-order valence-corrected chi connectivity index (χ3v) is 3.27. The van der Waals surface area contributed by atoms with Crippen LogP contribution in [0.5, 0.6) is 0 Å². The van der Waals surface area contributed by atoms with Crippen LogP contribution in [0.2, 0.25) is 0 Å². The minimum absolute atomic E-state index is 0.0993. The zero-order chi connectivity index (χ0) is 16.2. The van der Waals surface area contributed by atoms with Gasteiger partial charge in [0, 0.05) is 18.8 Å². The lowest BCUT2D eigenvalue weighted by Gasteiger charge is -2.03. The highest BCUT2D eigenvalue weighted by atomic mass is 16.5. The minimum Gasteiger partial charge on any atom is -0.388 e. The van der Waals surface area contributed by atoms with E-state index >= 15 is 0 Å². The summed E-state index contributed by atoms with van der Waals surface area (Å²) in [5.74, 6) is 0.227. The smallest absolute Gasteiger partial charge is 0.279 e. The van der Waals surface area contributed by atoms with Crippen LogP contribution in [0.1, 0.15) is 27.4 Å². The van der Waals surface area contributed by atoms with Gasteiger partial charge in [0.1, 0.15) is 6.61 Å². The molecule has 0 bridgehead atoms. The molecule has 0 aliphatic carbocycles. The number of amides is 1. The highest BCUT2D eigenvalue weighted by Crippen LogP contribution is 2.11. The van der Waals surface area contributed by atoms with Gasteiger partial charge >= 0.3 is 0 Å². The standard InChI is InChI=1S/C16H16N4O3/c1-11-3-2-4-12(5-11)7-20-8-15(17-10-20)18-16(22)14-6-13(9-21)23-19-14/h2-6,8,10,21H,7,9H2,1H3,(H,18,22). The van der Waals surface area contributed by atoms with E-state index in [2.05, 4.69) is 21.5 Å². The Kier molecular flexibility index (Phi) is 4.20. The maximum absolute atomic E-state index is 12.0. The topological polar surface area (TPSA) is 93.2 Å². The van der Waals surface area contributed by atoms with Crippen molar-refractivity contribution in [3.63, 3.8) is 0 Å². The summed E-state index contributed by atoms with van der Waals surface area (Å²) < 4.78 is 6.66. The third-order valence-electron chi connectivity index (χ3n) is 3.27. The first kappa shape index (κ1) is 15.0. The van der Waals surface area contributed by atoms with Crippen molar-refractivity contribution in [1.82, 2.24) is 14.7 Å². The van der Waals surface area contributed by atoms with E-state index < -0.39 is 5.91 Å². The van der Waals surface area contributed by atoms with Crippen LogP contribution in [0.15, 0.2) is 47.4 Å². The summed E-state index contributed by atoms with van der Waals surface area (Å²) in [7, 11) is 0. The minimum atomic E-state index is -0.436. The number of nitrogens with one attached hydrogen (secondary N) is 1. The van der Waals surface area contributed by atoms with E-state index in [0.29, 0.717) is 12.4 Å². The highest BCUT2D eigenvalue weighted by Gasteiger charge is 2.13. The molecule has 0 unspecified atom stereocenters. The average molecular weight is 312 g/mol. The Balaban J connectivity index is 1.66. The molecule has 3 aromatic rings. The molecule has 0 saturated carbocycles. The van der Waals surface area contributed by atoms with Crippen molar-refractivity contribution in [3.8, 4) is 0 Å². The van der Waals surface area contributed by atoms with Crippen molar-refractivity contribution < 1.29 is 14.4 Å². The number of aliphatic hydroxyl groups excluding tert-OH is 1. The molecule has 0 radical (unpaired) electrons. The normalized spacial score (nSPS) is 10.7. The Bertz CT molecular complexity index is 822. The van der Waals surface area contributed by atoms with E-state index in [4.69, 9.17) is 9.63 Å². The quantitative estimate of drug-likeness (QED) is 0.751. The first-order chi connectivity index (χ1) is 11.1. The van der Waals surface area contributed by atoms with Crippen molar-refractivity contribution >= 4 is 11.7 Å². The van der Waals surface area contributed by atoms with Gasteiger partial charge in [-0.05, 0) is 12.5 Å². The molecule has 3 rings (SSSR count). The Morgan fingerprint density at radius 1 is 1.39 bits per heavy atom. The van der Waals surface area contributed by atoms with Gasteiger partial charge in [0.2, 0.25) is 0 Å². The van der Waals surface area contributed by atoms with Crippen LogP contribution < -0.4 is 5.32 Å². The number of carbonyl (C=O) groups excluding carboxylic acids is 1. The lowest BCUT2D eigenvalue weighted by atomic mass is 10.1. The molecule has 0 spiro atoms. The van der Waals surface area contributed by atoms with Gasteiger partial charge in [-0.3, -0.25) is 4.79 Å². The molecule has 0 saturated heterocycles. The van der Waals surface area contributed by atoms with Gasteiger partial charge in [-0.2, -0.15) is 0 Å². The van der Waals surface area contributed by atoms with Crippen LogP contribution in [-0.4, -0.2) is 25.7 Å². The first-order valence-corrected chi connectivity index (χ1v) is 7.09. The second-order valence-electron chi connectivity index (χ2n) is 5.21. The van der Waals surface area contributed by atoms with Crippen LogP contribution >= 0.6 is 0 Å². The number of aliphatic hydroxyl groups is 1. The van der Waals surface area contributed by atoms with E-state index in [1.165, 1.54) is 11.6 Å². The zero-order valence-electron chi connectivity index (χ0n) is 12.6. The summed E-state index contributed by atoms with van der Waals surface area (Å²) in [6.07, 6.45) is 3.40. The number of hydrogen-bond acceptors (Lipinski definition) is 5. The van der Waals surface area contributed by atoms with E-state index in [1.807, 2.05) is 29.7 Å². The molecule has 0 aliphatic heterocycles. The van der Waals surface area contributed by atoms with Crippen LogP contribution in [0.25, 0.3) is 0 Å². The number of aryl methyl sites for hydroxylation is 1. The van der Waals surface area contributed by atoms with Gasteiger partial charge in [-0.15, -0.1) is 0 Å². The molecule has 1 amide bonds. The van der Waals surface area contributed by atoms with Crippen molar-refractivity contribution in [2.75, 3.05) is 5.32 Å². The highest BCUT2D eigenvalue weighted by molar-refractivity contribution is 6.02. The maximum atomic E-state index is 12.0. The molecule has 1 aromatic carbocycles. The lowest BCUT2D eigenvalue weighted by molar-refractivity contribution is 0.101. The van der Waals surface area contributed by atoms with Gasteiger partial charge in [0.05, 0.1) is 6.33 Å². The number of nitrogens with zero attached hydrogens (tertiary/aromatic N) is 3. The molecule has 7 heteroatoms. The summed E-state index contributed by atoms with van der Waals surface area (Å²) in [6.45, 7) is 2.41. The van der Waals surface area contributed by atoms with E-state index in [0.717, 1.165) is 5.56 Å². The monoisotopic (exact) mass is 312 g/mol. The summed E-state index contributed by atoms with van der Waals surface area (Å²) in [5, 5.41) is 15.1. The van der Waals surface area contributed by atoms with Crippen LogP contribution in [0.4, 0.5) is 5.82 Å². The van der Waals surface area contributed by atoms with Crippen LogP contribution in [-0.2, 0) is 13.2 Å². The number of benzene rings is 1. The Morgan fingerprint density at radius 3 is 3.00 bits per heavy atom. The predicted octanol–water partition coefficient (Wildman–Crippen LogP) is 1.97. The van der Waals surface area contributed by atoms with Gasteiger partial charge in [0.15, 0.2) is 17.3 Å². The van der Waals surface area contributed by atoms with Gasteiger partial charge in [-0.25, -0.2) is 4.98 Å². The SMILES string of the molecule is Cc1cccc(Cn2cnc(NC(=O)c3cc(CO)on3)c2)c1. The molecule has 0 atom stereocenters. The molecular formula is C16H16N4O3. The molecular weight excluding hydrogens is 296 g/mol. The average Bonchev–Trinajstić information content (AvgIpc) is 3.16.